The second kappa shape index (κ2) is 8.36. The lowest BCUT2D eigenvalue weighted by Crippen LogP contribution is -2.10. The number of rotatable bonds is 8. The number of hydrogen-bond acceptors (Lipinski definition) is 6. The lowest BCUT2D eigenvalue weighted by atomic mass is 10.4. The maximum absolute atomic E-state index is 11.5. The van der Waals surface area contributed by atoms with Gasteiger partial charge in [-0.05, 0) is 24.9 Å². The third-order valence-corrected chi connectivity index (χ3v) is 3.76. The Labute approximate surface area is 110 Å². The van der Waals surface area contributed by atoms with Gasteiger partial charge in [-0.3, -0.25) is 0 Å². The third-order valence-electron chi connectivity index (χ3n) is 1.99. The number of ether oxygens (including phenoxy) is 1. The van der Waals surface area contributed by atoms with Crippen LogP contribution in [-0.2, 0) is 4.74 Å². The molecule has 96 valence electrons. The lowest BCUT2D eigenvalue weighted by molar-refractivity contribution is 0.0521. The Balaban J connectivity index is 2.38. The number of hydrogen-bond donors (Lipinski definition) is 1. The van der Waals surface area contributed by atoms with Gasteiger partial charge in [0.1, 0.15) is 5.00 Å². The molecule has 17 heavy (non-hydrogen) atoms. The van der Waals surface area contributed by atoms with E-state index < -0.39 is 0 Å². The molecule has 1 heterocycles. The standard InChI is InChI=1S/C11H18N2O2S2/c1-3-15-11(14)9-10(17-8-13-9)12-6-5-7-16-4-2/h8,12H,3-7H2,1-2H3. The molecular formula is C11H18N2O2S2. The molecule has 0 spiro atoms. The van der Waals surface area contributed by atoms with E-state index in [0.29, 0.717) is 12.3 Å². The smallest absolute Gasteiger partial charge is 0.360 e. The van der Waals surface area contributed by atoms with Crippen molar-refractivity contribution >= 4 is 34.1 Å². The average molecular weight is 274 g/mol. The number of thioether (sulfide) groups is 1. The van der Waals surface area contributed by atoms with Crippen molar-refractivity contribution in [2.45, 2.75) is 20.3 Å². The van der Waals surface area contributed by atoms with Gasteiger partial charge < -0.3 is 10.1 Å². The number of carbonyl (C=O) groups excluding carboxylic acids is 1. The Kier molecular flexibility index (Phi) is 7.04. The molecule has 0 saturated heterocycles. The molecule has 0 unspecified atom stereocenters. The largest absolute Gasteiger partial charge is 0.461 e. The summed E-state index contributed by atoms with van der Waals surface area (Å²) in [5.74, 6) is 1.94. The minimum absolute atomic E-state index is 0.348. The van der Waals surface area contributed by atoms with E-state index >= 15 is 0 Å². The van der Waals surface area contributed by atoms with Gasteiger partial charge in [0.05, 0.1) is 12.1 Å². The second-order valence-electron chi connectivity index (χ2n) is 3.23. The van der Waals surface area contributed by atoms with E-state index in [4.69, 9.17) is 4.74 Å². The molecule has 0 aliphatic heterocycles. The number of nitrogens with one attached hydrogen (secondary N) is 1. The summed E-state index contributed by atoms with van der Waals surface area (Å²) in [6.07, 6.45) is 1.08. The van der Waals surface area contributed by atoms with Crippen LogP contribution in [0.25, 0.3) is 0 Å². The van der Waals surface area contributed by atoms with Crippen molar-refractivity contribution in [3.05, 3.63) is 11.2 Å². The van der Waals surface area contributed by atoms with Crippen molar-refractivity contribution in [3.63, 3.8) is 0 Å². The maximum Gasteiger partial charge on any atom is 0.360 e. The van der Waals surface area contributed by atoms with Crippen LogP contribution >= 0.6 is 23.1 Å². The van der Waals surface area contributed by atoms with Gasteiger partial charge in [-0.2, -0.15) is 11.8 Å². The van der Waals surface area contributed by atoms with Crippen LogP contribution in [0.5, 0.6) is 0 Å². The van der Waals surface area contributed by atoms with Gasteiger partial charge in [-0.1, -0.05) is 6.92 Å². The summed E-state index contributed by atoms with van der Waals surface area (Å²) in [4.78, 5) is 15.6. The van der Waals surface area contributed by atoms with E-state index in [1.165, 1.54) is 11.3 Å². The van der Waals surface area contributed by atoms with Gasteiger partial charge in [0.15, 0.2) is 5.69 Å². The van der Waals surface area contributed by atoms with Crippen molar-refractivity contribution in [1.29, 1.82) is 0 Å². The highest BCUT2D eigenvalue weighted by molar-refractivity contribution is 7.99. The highest BCUT2D eigenvalue weighted by Crippen LogP contribution is 2.21. The summed E-state index contributed by atoms with van der Waals surface area (Å²) in [5, 5.41) is 4.04. The van der Waals surface area contributed by atoms with Crippen molar-refractivity contribution in [2.24, 2.45) is 0 Å². The van der Waals surface area contributed by atoms with E-state index in [-0.39, 0.29) is 5.97 Å². The summed E-state index contributed by atoms with van der Waals surface area (Å²) in [7, 11) is 0. The molecule has 0 fully saturated rings. The van der Waals surface area contributed by atoms with Crippen LogP contribution in [0, 0.1) is 0 Å². The average Bonchev–Trinajstić information content (AvgIpc) is 2.77. The van der Waals surface area contributed by atoms with Gasteiger partial charge in [-0.15, -0.1) is 11.3 Å². The molecule has 0 radical (unpaired) electrons. The van der Waals surface area contributed by atoms with Crippen molar-refractivity contribution in [2.75, 3.05) is 30.0 Å². The summed E-state index contributed by atoms with van der Waals surface area (Å²) in [6, 6.07) is 0. The monoisotopic (exact) mass is 274 g/mol. The summed E-state index contributed by atoms with van der Waals surface area (Å²) >= 11 is 3.36. The van der Waals surface area contributed by atoms with Gasteiger partial charge in [0.2, 0.25) is 0 Å². The van der Waals surface area contributed by atoms with Crippen molar-refractivity contribution in [3.8, 4) is 0 Å². The normalized spacial score (nSPS) is 10.2. The van der Waals surface area contributed by atoms with Crippen LogP contribution in [0.2, 0.25) is 0 Å². The predicted molar refractivity (Wildman–Crippen MR) is 74.2 cm³/mol. The molecular weight excluding hydrogens is 256 g/mol. The summed E-state index contributed by atoms with van der Waals surface area (Å²) in [5.41, 5.74) is 2.06. The Morgan fingerprint density at radius 3 is 3.12 bits per heavy atom. The van der Waals surface area contributed by atoms with E-state index in [2.05, 4.69) is 17.2 Å². The van der Waals surface area contributed by atoms with Crippen LogP contribution in [-0.4, -0.2) is 35.6 Å². The molecule has 0 bridgehead atoms. The highest BCUT2D eigenvalue weighted by atomic mass is 32.2. The van der Waals surface area contributed by atoms with Crippen LogP contribution in [0.1, 0.15) is 30.8 Å². The maximum atomic E-state index is 11.5. The zero-order chi connectivity index (χ0) is 12.5. The van der Waals surface area contributed by atoms with E-state index in [9.17, 15) is 4.79 Å². The quantitative estimate of drug-likeness (QED) is 0.583. The number of anilines is 1. The van der Waals surface area contributed by atoms with Crippen LogP contribution in [0.4, 0.5) is 5.00 Å². The molecule has 1 aromatic heterocycles. The summed E-state index contributed by atoms with van der Waals surface area (Å²) in [6.45, 7) is 5.18. The lowest BCUT2D eigenvalue weighted by Gasteiger charge is -2.05. The van der Waals surface area contributed by atoms with Gasteiger partial charge in [0, 0.05) is 6.54 Å². The van der Waals surface area contributed by atoms with E-state index in [0.717, 1.165) is 29.5 Å². The van der Waals surface area contributed by atoms with Gasteiger partial charge in [-0.25, -0.2) is 9.78 Å². The van der Waals surface area contributed by atoms with Crippen LogP contribution < -0.4 is 5.32 Å². The molecule has 0 aliphatic rings. The molecule has 0 amide bonds. The Bertz CT molecular complexity index is 342. The number of carbonyl (C=O) groups is 1. The van der Waals surface area contributed by atoms with Gasteiger partial charge in [0.25, 0.3) is 0 Å². The van der Waals surface area contributed by atoms with Crippen LogP contribution in [0.3, 0.4) is 0 Å². The Morgan fingerprint density at radius 1 is 1.59 bits per heavy atom. The SMILES string of the molecule is CCOC(=O)c1ncsc1NCCCSCC. The summed E-state index contributed by atoms with van der Waals surface area (Å²) < 4.78 is 4.93. The van der Waals surface area contributed by atoms with E-state index in [1.54, 1.807) is 12.4 Å². The molecule has 0 atom stereocenters. The minimum Gasteiger partial charge on any atom is -0.461 e. The molecule has 0 aromatic carbocycles. The van der Waals surface area contributed by atoms with Gasteiger partial charge >= 0.3 is 5.97 Å². The van der Waals surface area contributed by atoms with Crippen molar-refractivity contribution in [1.82, 2.24) is 4.98 Å². The molecule has 0 saturated carbocycles. The fraction of sp³-hybridized carbons (Fsp3) is 0.636. The fourth-order valence-corrected chi connectivity index (χ4v) is 2.57. The number of nitrogens with zero attached hydrogens (tertiary/aromatic N) is 1. The molecule has 6 heteroatoms. The van der Waals surface area contributed by atoms with E-state index in [1.807, 2.05) is 11.8 Å². The first-order valence-corrected chi connectivity index (χ1v) is 7.75. The second-order valence-corrected chi connectivity index (χ2v) is 5.48. The topological polar surface area (TPSA) is 51.2 Å². The molecule has 0 aliphatic carbocycles. The zero-order valence-corrected chi connectivity index (χ0v) is 11.8. The zero-order valence-electron chi connectivity index (χ0n) is 10.2. The third kappa shape index (κ3) is 4.95. The molecule has 1 aromatic rings. The van der Waals surface area contributed by atoms with Crippen LogP contribution in [0.15, 0.2) is 5.51 Å². The molecule has 1 N–H and O–H groups in total. The molecule has 4 nitrogen and oxygen atoms in total. The highest BCUT2D eigenvalue weighted by Gasteiger charge is 2.15. The Hall–Kier alpha value is -0.750. The minimum atomic E-state index is -0.348. The predicted octanol–water partition coefficient (Wildman–Crippen LogP) is 2.87. The first kappa shape index (κ1) is 14.3. The first-order chi connectivity index (χ1) is 8.29. The Morgan fingerprint density at radius 2 is 2.41 bits per heavy atom. The first-order valence-electron chi connectivity index (χ1n) is 5.71. The number of esters is 1. The van der Waals surface area contributed by atoms with Crippen molar-refractivity contribution < 1.29 is 9.53 Å². The number of thiazole rings is 1. The molecule has 1 rings (SSSR count). The fourth-order valence-electron chi connectivity index (χ4n) is 1.24. The number of aromatic nitrogens is 1.